The van der Waals surface area contributed by atoms with Gasteiger partial charge in [0.1, 0.15) is 11.6 Å². The molecular weight excluding hydrogens is 231 g/mol. The van der Waals surface area contributed by atoms with E-state index in [1.165, 1.54) is 24.3 Å². The van der Waals surface area contributed by atoms with Crippen LogP contribution in [-0.2, 0) is 6.42 Å². The molecule has 0 spiro atoms. The minimum Gasteiger partial charge on any atom is -0.482 e. The van der Waals surface area contributed by atoms with E-state index in [9.17, 15) is 9.18 Å². The van der Waals surface area contributed by atoms with E-state index in [0.717, 1.165) is 11.3 Å². The van der Waals surface area contributed by atoms with Crippen LogP contribution in [0.4, 0.5) is 4.39 Å². The van der Waals surface area contributed by atoms with Gasteiger partial charge in [-0.15, -0.1) is 0 Å². The highest BCUT2D eigenvalue weighted by molar-refractivity contribution is 6.00. The van der Waals surface area contributed by atoms with Gasteiger partial charge in [0, 0.05) is 12.0 Å². The molecule has 2 nitrogen and oxygen atoms in total. The number of halogens is 1. The molecule has 1 aliphatic rings. The number of hydrogen-bond acceptors (Lipinski definition) is 2. The van der Waals surface area contributed by atoms with E-state index in [4.69, 9.17) is 4.74 Å². The lowest BCUT2D eigenvalue weighted by Crippen LogP contribution is -2.25. The number of ketones is 1. The summed E-state index contributed by atoms with van der Waals surface area (Å²) >= 11 is 0. The van der Waals surface area contributed by atoms with E-state index in [-0.39, 0.29) is 11.6 Å². The van der Waals surface area contributed by atoms with Crippen molar-refractivity contribution < 1.29 is 13.9 Å². The second-order valence-corrected chi connectivity index (χ2v) is 4.29. The Labute approximate surface area is 104 Å². The monoisotopic (exact) mass is 242 g/mol. The van der Waals surface area contributed by atoms with Gasteiger partial charge in [0.05, 0.1) is 0 Å². The molecule has 0 bridgehead atoms. The minimum absolute atomic E-state index is 0.105. The molecule has 0 aromatic heterocycles. The molecule has 90 valence electrons. The van der Waals surface area contributed by atoms with Crippen LogP contribution in [0.25, 0.3) is 0 Å². The van der Waals surface area contributed by atoms with Crippen molar-refractivity contribution in [2.75, 3.05) is 0 Å². The molecule has 2 aromatic carbocycles. The van der Waals surface area contributed by atoms with E-state index >= 15 is 0 Å². The molecule has 0 saturated heterocycles. The standard InChI is InChI=1S/C15H11FO2/c16-12-7-5-10(6-8-12)15(17)14-9-11-3-1-2-4-13(11)18-14/h1-8,14H,9H2/t14-/m1/s1. The maximum atomic E-state index is 12.8. The van der Waals surface area contributed by atoms with Gasteiger partial charge in [0.25, 0.3) is 0 Å². The van der Waals surface area contributed by atoms with Crippen molar-refractivity contribution in [2.45, 2.75) is 12.5 Å². The molecule has 0 radical (unpaired) electrons. The predicted molar refractivity (Wildman–Crippen MR) is 65.3 cm³/mol. The van der Waals surface area contributed by atoms with E-state index in [1.807, 2.05) is 24.3 Å². The van der Waals surface area contributed by atoms with Crippen LogP contribution in [-0.4, -0.2) is 11.9 Å². The van der Waals surface area contributed by atoms with Gasteiger partial charge in [0.15, 0.2) is 6.10 Å². The molecule has 0 saturated carbocycles. The van der Waals surface area contributed by atoms with Crippen LogP contribution in [0.5, 0.6) is 5.75 Å². The number of Topliss-reactive ketones (excluding diaryl/α,β-unsaturated/α-hetero) is 1. The molecule has 0 N–H and O–H groups in total. The lowest BCUT2D eigenvalue weighted by Gasteiger charge is -2.09. The zero-order valence-electron chi connectivity index (χ0n) is 9.60. The summed E-state index contributed by atoms with van der Waals surface area (Å²) in [5.41, 5.74) is 1.52. The van der Waals surface area contributed by atoms with Crippen molar-refractivity contribution in [3.8, 4) is 5.75 Å². The summed E-state index contributed by atoms with van der Waals surface area (Å²) in [6.07, 6.45) is 0.0831. The first kappa shape index (κ1) is 11.0. The van der Waals surface area contributed by atoms with Crippen LogP contribution in [0, 0.1) is 5.82 Å². The first-order chi connectivity index (χ1) is 8.74. The van der Waals surface area contributed by atoms with Gasteiger partial charge in [0.2, 0.25) is 5.78 Å². The molecule has 0 unspecified atom stereocenters. The Morgan fingerprint density at radius 3 is 2.56 bits per heavy atom. The SMILES string of the molecule is O=C(c1ccc(F)cc1)[C@H]1Cc2ccccc2O1. The van der Waals surface area contributed by atoms with Crippen molar-refractivity contribution in [3.05, 3.63) is 65.5 Å². The Bertz CT molecular complexity index is 565. The number of carbonyl (C=O) groups is 1. The lowest BCUT2D eigenvalue weighted by atomic mass is 10.0. The van der Waals surface area contributed by atoms with Gasteiger partial charge in [-0.05, 0) is 35.9 Å². The van der Waals surface area contributed by atoms with Crippen LogP contribution >= 0.6 is 0 Å². The van der Waals surface area contributed by atoms with Crippen LogP contribution < -0.4 is 4.74 Å². The van der Waals surface area contributed by atoms with Gasteiger partial charge < -0.3 is 4.74 Å². The third-order valence-electron chi connectivity index (χ3n) is 3.07. The Kier molecular flexibility index (Phi) is 2.59. The Hall–Kier alpha value is -2.16. The van der Waals surface area contributed by atoms with Gasteiger partial charge in [-0.2, -0.15) is 0 Å². The number of hydrogen-bond donors (Lipinski definition) is 0. The average Bonchev–Trinajstić information content (AvgIpc) is 2.82. The normalized spacial score (nSPS) is 17.1. The molecular formula is C15H11FO2. The summed E-state index contributed by atoms with van der Waals surface area (Å²) in [7, 11) is 0. The third-order valence-corrected chi connectivity index (χ3v) is 3.07. The molecule has 0 amide bonds. The summed E-state index contributed by atoms with van der Waals surface area (Å²) in [5, 5.41) is 0. The highest BCUT2D eigenvalue weighted by atomic mass is 19.1. The fourth-order valence-corrected chi connectivity index (χ4v) is 2.13. The number of benzene rings is 2. The number of fused-ring (bicyclic) bond motifs is 1. The van der Waals surface area contributed by atoms with E-state index in [1.54, 1.807) is 0 Å². The molecule has 1 atom stereocenters. The highest BCUT2D eigenvalue weighted by Gasteiger charge is 2.29. The summed E-state index contributed by atoms with van der Waals surface area (Å²) < 4.78 is 18.4. The average molecular weight is 242 g/mol. The quantitative estimate of drug-likeness (QED) is 0.757. The first-order valence-corrected chi connectivity index (χ1v) is 5.78. The Morgan fingerprint density at radius 1 is 1.11 bits per heavy atom. The van der Waals surface area contributed by atoms with Crippen LogP contribution in [0.3, 0.4) is 0 Å². The zero-order valence-corrected chi connectivity index (χ0v) is 9.60. The number of para-hydroxylation sites is 1. The molecule has 2 aromatic rings. The summed E-state index contributed by atoms with van der Waals surface area (Å²) in [6.45, 7) is 0. The van der Waals surface area contributed by atoms with Crippen molar-refractivity contribution in [2.24, 2.45) is 0 Å². The Morgan fingerprint density at radius 2 is 1.83 bits per heavy atom. The summed E-state index contributed by atoms with van der Waals surface area (Å²) in [4.78, 5) is 12.2. The van der Waals surface area contributed by atoms with Crippen LogP contribution in [0.15, 0.2) is 48.5 Å². The minimum atomic E-state index is -0.493. The molecule has 1 aliphatic heterocycles. The molecule has 1 heterocycles. The van der Waals surface area contributed by atoms with Crippen molar-refractivity contribution in [3.63, 3.8) is 0 Å². The van der Waals surface area contributed by atoms with E-state index in [0.29, 0.717) is 12.0 Å². The van der Waals surface area contributed by atoms with E-state index < -0.39 is 6.10 Å². The topological polar surface area (TPSA) is 26.3 Å². The van der Waals surface area contributed by atoms with Crippen molar-refractivity contribution in [1.29, 1.82) is 0 Å². The van der Waals surface area contributed by atoms with Gasteiger partial charge in [-0.1, -0.05) is 18.2 Å². The second-order valence-electron chi connectivity index (χ2n) is 4.29. The van der Waals surface area contributed by atoms with Crippen LogP contribution in [0.2, 0.25) is 0 Å². The third kappa shape index (κ3) is 1.88. The molecule has 3 rings (SSSR count). The molecule has 3 heteroatoms. The largest absolute Gasteiger partial charge is 0.482 e. The van der Waals surface area contributed by atoms with Gasteiger partial charge >= 0.3 is 0 Å². The zero-order chi connectivity index (χ0) is 12.5. The van der Waals surface area contributed by atoms with Gasteiger partial charge in [-0.3, -0.25) is 4.79 Å². The summed E-state index contributed by atoms with van der Waals surface area (Å²) in [6, 6.07) is 13.2. The molecule has 0 fully saturated rings. The first-order valence-electron chi connectivity index (χ1n) is 5.78. The van der Waals surface area contributed by atoms with Crippen LogP contribution in [0.1, 0.15) is 15.9 Å². The highest BCUT2D eigenvalue weighted by Crippen LogP contribution is 2.29. The number of rotatable bonds is 2. The maximum Gasteiger partial charge on any atom is 0.203 e. The number of carbonyl (C=O) groups excluding carboxylic acids is 1. The second kappa shape index (κ2) is 4.26. The Balaban J connectivity index is 1.82. The molecule has 18 heavy (non-hydrogen) atoms. The van der Waals surface area contributed by atoms with Gasteiger partial charge in [-0.25, -0.2) is 4.39 Å². The number of ether oxygens (including phenoxy) is 1. The maximum absolute atomic E-state index is 12.8. The van der Waals surface area contributed by atoms with Crippen molar-refractivity contribution in [1.82, 2.24) is 0 Å². The molecule has 0 aliphatic carbocycles. The summed E-state index contributed by atoms with van der Waals surface area (Å²) in [5.74, 6) is 0.311. The smallest absolute Gasteiger partial charge is 0.203 e. The predicted octanol–water partition coefficient (Wildman–Crippen LogP) is 3.01. The van der Waals surface area contributed by atoms with Crippen molar-refractivity contribution >= 4 is 5.78 Å². The fraction of sp³-hybridized carbons (Fsp3) is 0.133. The fourth-order valence-electron chi connectivity index (χ4n) is 2.13. The van der Waals surface area contributed by atoms with E-state index in [2.05, 4.69) is 0 Å². The lowest BCUT2D eigenvalue weighted by molar-refractivity contribution is 0.0824.